The van der Waals surface area contributed by atoms with Gasteiger partial charge < -0.3 is 30.9 Å². The summed E-state index contributed by atoms with van der Waals surface area (Å²) >= 11 is 1.66. The molecule has 32 heavy (non-hydrogen) atoms. The Morgan fingerprint density at radius 3 is 2.44 bits per heavy atom. The number of nitrogen functional groups attached to an aromatic ring is 2. The first-order chi connectivity index (χ1) is 15.5. The van der Waals surface area contributed by atoms with Gasteiger partial charge in [0.25, 0.3) is 0 Å². The zero-order valence-electron chi connectivity index (χ0n) is 18.7. The second kappa shape index (κ2) is 11.0. The quantitative estimate of drug-likeness (QED) is 0.396. The number of hydrogen-bond donors (Lipinski definition) is 3. The fourth-order valence-corrected chi connectivity index (χ4v) is 4.42. The molecule has 0 amide bonds. The maximum absolute atomic E-state index is 9.11. The largest absolute Gasteiger partial charge is 0.493 e. The molecule has 3 aromatic rings. The highest BCUT2D eigenvalue weighted by molar-refractivity contribution is 7.15. The van der Waals surface area contributed by atoms with Crippen molar-refractivity contribution in [1.29, 1.82) is 0 Å². The molecule has 0 aliphatic carbocycles. The summed E-state index contributed by atoms with van der Waals surface area (Å²) in [6.07, 6.45) is 1.93. The molecular weight excluding hydrogens is 428 g/mol. The molecule has 0 aliphatic rings. The Hall–Kier alpha value is -3.11. The Morgan fingerprint density at radius 1 is 1.06 bits per heavy atom. The van der Waals surface area contributed by atoms with Crippen LogP contribution in [0.1, 0.15) is 30.8 Å². The van der Waals surface area contributed by atoms with E-state index in [0.717, 1.165) is 29.1 Å². The summed E-state index contributed by atoms with van der Waals surface area (Å²) in [6, 6.07) is 7.25. The lowest BCUT2D eigenvalue weighted by Crippen LogP contribution is -2.25. The lowest BCUT2D eigenvalue weighted by molar-refractivity contribution is 0.196. The molecule has 5 N–H and O–H groups in total. The molecule has 9 nitrogen and oxygen atoms in total. The van der Waals surface area contributed by atoms with E-state index in [9.17, 15) is 0 Å². The van der Waals surface area contributed by atoms with Gasteiger partial charge in [0.1, 0.15) is 23.3 Å². The first kappa shape index (κ1) is 23.6. The van der Waals surface area contributed by atoms with Gasteiger partial charge in [-0.15, -0.1) is 11.3 Å². The molecule has 172 valence electrons. The highest BCUT2D eigenvalue weighted by Gasteiger charge is 2.18. The molecule has 0 bridgehead atoms. The number of nitrogens with two attached hydrogens (primary N) is 2. The van der Waals surface area contributed by atoms with E-state index in [1.807, 2.05) is 30.0 Å². The van der Waals surface area contributed by atoms with E-state index in [1.165, 1.54) is 4.88 Å². The summed E-state index contributed by atoms with van der Waals surface area (Å²) < 4.78 is 11.0. The smallest absolute Gasteiger partial charge is 0.229 e. The molecule has 0 saturated carbocycles. The van der Waals surface area contributed by atoms with E-state index in [1.54, 1.807) is 24.5 Å². The Morgan fingerprint density at radius 2 is 1.81 bits per heavy atom. The van der Waals surface area contributed by atoms with Gasteiger partial charge >= 0.3 is 0 Å². The number of anilines is 3. The van der Waals surface area contributed by atoms with Gasteiger partial charge in [-0.1, -0.05) is 13.3 Å². The number of thiazole rings is 1. The second-order valence-corrected chi connectivity index (χ2v) is 8.19. The Balaban J connectivity index is 1.94. The number of aliphatic hydroxyl groups excluding tert-OH is 1. The molecule has 0 atom stereocenters. The SMILES string of the molecule is CCCc1sc(-c2ccc(OC)c(OCCO)c2)nc1CN(CC)c1nc(N)cc(N)n1. The van der Waals surface area contributed by atoms with Crippen LogP contribution in [0.2, 0.25) is 0 Å². The number of rotatable bonds is 11. The monoisotopic (exact) mass is 458 g/mol. The zero-order chi connectivity index (χ0) is 23.1. The first-order valence-corrected chi connectivity index (χ1v) is 11.4. The predicted octanol–water partition coefficient (Wildman–Crippen LogP) is 3.12. The Labute approximate surface area is 192 Å². The third-order valence-electron chi connectivity index (χ3n) is 4.77. The van der Waals surface area contributed by atoms with Crippen LogP contribution >= 0.6 is 11.3 Å². The van der Waals surface area contributed by atoms with Gasteiger partial charge in [0.05, 0.1) is 26.0 Å². The Bertz CT molecular complexity index is 1020. The normalized spacial score (nSPS) is 10.9. The van der Waals surface area contributed by atoms with Crippen LogP contribution in [-0.2, 0) is 13.0 Å². The molecule has 10 heteroatoms. The minimum Gasteiger partial charge on any atom is -0.493 e. The van der Waals surface area contributed by atoms with Crippen molar-refractivity contribution in [3.63, 3.8) is 0 Å². The summed E-state index contributed by atoms with van der Waals surface area (Å²) in [5.41, 5.74) is 13.6. The third kappa shape index (κ3) is 5.57. The van der Waals surface area contributed by atoms with Crippen LogP contribution in [-0.4, -0.2) is 46.9 Å². The molecule has 0 unspecified atom stereocenters. The van der Waals surface area contributed by atoms with Gasteiger partial charge in [-0.05, 0) is 31.5 Å². The fraction of sp³-hybridized carbons (Fsp3) is 0.409. The fourth-order valence-electron chi connectivity index (χ4n) is 3.25. The molecule has 0 spiro atoms. The van der Waals surface area contributed by atoms with Gasteiger partial charge in [0.2, 0.25) is 5.95 Å². The Kier molecular flexibility index (Phi) is 8.07. The number of benzene rings is 1. The van der Waals surface area contributed by atoms with E-state index in [2.05, 4.69) is 16.9 Å². The minimum absolute atomic E-state index is 0.0706. The number of ether oxygens (including phenoxy) is 2. The molecule has 3 rings (SSSR count). The summed E-state index contributed by atoms with van der Waals surface area (Å²) in [7, 11) is 1.59. The molecule has 2 aromatic heterocycles. The number of hydrogen-bond acceptors (Lipinski definition) is 10. The summed E-state index contributed by atoms with van der Waals surface area (Å²) in [4.78, 5) is 16.8. The molecule has 0 aliphatic heterocycles. The maximum atomic E-state index is 9.11. The first-order valence-electron chi connectivity index (χ1n) is 10.5. The average Bonchev–Trinajstić information content (AvgIpc) is 3.17. The summed E-state index contributed by atoms with van der Waals surface area (Å²) in [5.74, 6) is 2.36. The van der Waals surface area contributed by atoms with Crippen LogP contribution in [0.5, 0.6) is 11.5 Å². The summed E-state index contributed by atoms with van der Waals surface area (Å²) in [5, 5.41) is 10.00. The van der Waals surface area contributed by atoms with Crippen molar-refractivity contribution in [2.45, 2.75) is 33.2 Å². The van der Waals surface area contributed by atoms with Gasteiger partial charge in [-0.2, -0.15) is 9.97 Å². The molecule has 2 heterocycles. The topological polar surface area (TPSA) is 133 Å². The predicted molar refractivity (Wildman–Crippen MR) is 128 cm³/mol. The van der Waals surface area contributed by atoms with Crippen molar-refractivity contribution < 1.29 is 14.6 Å². The number of aromatic nitrogens is 3. The van der Waals surface area contributed by atoms with Crippen molar-refractivity contribution in [3.05, 3.63) is 34.8 Å². The molecule has 0 radical (unpaired) electrons. The minimum atomic E-state index is -0.0706. The van der Waals surface area contributed by atoms with E-state index in [4.69, 9.17) is 31.0 Å². The zero-order valence-corrected chi connectivity index (χ0v) is 19.5. The van der Waals surface area contributed by atoms with Crippen LogP contribution in [0.25, 0.3) is 10.6 Å². The van der Waals surface area contributed by atoms with Crippen LogP contribution in [0, 0.1) is 0 Å². The molecule has 0 fully saturated rings. The number of methoxy groups -OCH3 is 1. The van der Waals surface area contributed by atoms with Crippen LogP contribution in [0.4, 0.5) is 17.6 Å². The van der Waals surface area contributed by atoms with Gasteiger partial charge in [-0.25, -0.2) is 4.98 Å². The molecule has 1 aromatic carbocycles. The molecule has 0 saturated heterocycles. The molecular formula is C22H30N6O3S. The van der Waals surface area contributed by atoms with Crippen LogP contribution in [0.15, 0.2) is 24.3 Å². The van der Waals surface area contributed by atoms with E-state index < -0.39 is 0 Å². The average molecular weight is 459 g/mol. The van der Waals surface area contributed by atoms with Gasteiger partial charge in [0.15, 0.2) is 11.5 Å². The third-order valence-corrected chi connectivity index (χ3v) is 5.98. The van der Waals surface area contributed by atoms with Gasteiger partial charge in [0, 0.05) is 23.1 Å². The van der Waals surface area contributed by atoms with Gasteiger partial charge in [-0.3, -0.25) is 0 Å². The lowest BCUT2D eigenvalue weighted by atomic mass is 10.2. The number of nitrogens with zero attached hydrogens (tertiary/aromatic N) is 4. The van der Waals surface area contributed by atoms with Crippen molar-refractivity contribution in [2.24, 2.45) is 0 Å². The van der Waals surface area contributed by atoms with Crippen molar-refractivity contribution in [2.75, 3.05) is 43.2 Å². The van der Waals surface area contributed by atoms with E-state index in [0.29, 0.717) is 42.2 Å². The summed E-state index contributed by atoms with van der Waals surface area (Å²) in [6.45, 7) is 5.54. The highest BCUT2D eigenvalue weighted by Crippen LogP contribution is 2.36. The van der Waals surface area contributed by atoms with Crippen LogP contribution in [0.3, 0.4) is 0 Å². The van der Waals surface area contributed by atoms with E-state index >= 15 is 0 Å². The van der Waals surface area contributed by atoms with Crippen molar-refractivity contribution >= 4 is 28.9 Å². The standard InChI is InChI=1S/C22H30N6O3S/c1-4-6-18-15(13-28(5-2)22-26-19(23)12-20(24)27-22)25-21(32-18)14-7-8-16(30-3)17(11-14)31-10-9-29/h7-8,11-12,29H,4-6,9-10,13H2,1-3H3,(H4,23,24,26,27). The second-order valence-electron chi connectivity index (χ2n) is 7.11. The highest BCUT2D eigenvalue weighted by atomic mass is 32.1. The van der Waals surface area contributed by atoms with Crippen molar-refractivity contribution in [3.8, 4) is 22.1 Å². The number of aryl methyl sites for hydroxylation is 1. The van der Waals surface area contributed by atoms with Crippen LogP contribution < -0.4 is 25.8 Å². The van der Waals surface area contributed by atoms with E-state index in [-0.39, 0.29) is 13.2 Å². The maximum Gasteiger partial charge on any atom is 0.229 e. The lowest BCUT2D eigenvalue weighted by Gasteiger charge is -2.20. The number of aliphatic hydroxyl groups is 1. The van der Waals surface area contributed by atoms with Crippen molar-refractivity contribution in [1.82, 2.24) is 15.0 Å².